The number of sulfonamides is 1. The fraction of sp³-hybridized carbons (Fsp3) is 0.190. The monoisotopic (exact) mass is 458 g/mol. The number of nitriles is 1. The molecule has 0 atom stereocenters. The minimum atomic E-state index is -3.76. The van der Waals surface area contributed by atoms with Crippen molar-refractivity contribution in [2.75, 3.05) is 11.2 Å². The fourth-order valence-electron chi connectivity index (χ4n) is 2.85. The highest BCUT2D eigenvalue weighted by atomic mass is 35.5. The maximum atomic E-state index is 12.4. The van der Waals surface area contributed by atoms with Gasteiger partial charge in [-0.3, -0.25) is 9.69 Å². The Balaban J connectivity index is 2.04. The summed E-state index contributed by atoms with van der Waals surface area (Å²) < 4.78 is 30.7. The van der Waals surface area contributed by atoms with Gasteiger partial charge in [-0.15, -0.1) is 0 Å². The summed E-state index contributed by atoms with van der Waals surface area (Å²) in [4.78, 5) is 18.4. The van der Waals surface area contributed by atoms with Crippen LogP contribution in [0.1, 0.15) is 34.3 Å². The Morgan fingerprint density at radius 3 is 2.39 bits per heavy atom. The van der Waals surface area contributed by atoms with Crippen LogP contribution in [0.4, 0.5) is 11.7 Å². The van der Waals surface area contributed by atoms with Gasteiger partial charge in [0.2, 0.25) is 10.0 Å². The van der Waals surface area contributed by atoms with Gasteiger partial charge in [-0.2, -0.15) is 10.2 Å². The van der Waals surface area contributed by atoms with Gasteiger partial charge < -0.3 is 4.42 Å². The van der Waals surface area contributed by atoms with Gasteiger partial charge in [0.1, 0.15) is 5.76 Å². The summed E-state index contributed by atoms with van der Waals surface area (Å²) >= 11 is 5.98. The van der Waals surface area contributed by atoms with Crippen LogP contribution in [-0.4, -0.2) is 25.6 Å². The molecule has 160 valence electrons. The maximum absolute atomic E-state index is 12.4. The van der Waals surface area contributed by atoms with Gasteiger partial charge in [0, 0.05) is 17.1 Å². The second-order valence-electron chi connectivity index (χ2n) is 6.70. The average molecular weight is 459 g/mol. The molecule has 3 rings (SSSR count). The van der Waals surface area contributed by atoms with Crippen molar-refractivity contribution in [2.24, 2.45) is 0 Å². The van der Waals surface area contributed by atoms with E-state index in [4.69, 9.17) is 21.3 Å². The van der Waals surface area contributed by atoms with E-state index in [0.29, 0.717) is 29.2 Å². The van der Waals surface area contributed by atoms with E-state index in [9.17, 15) is 13.2 Å². The molecule has 0 radical (unpaired) electrons. The predicted molar refractivity (Wildman–Crippen MR) is 117 cm³/mol. The lowest BCUT2D eigenvalue weighted by Gasteiger charge is -2.21. The van der Waals surface area contributed by atoms with Crippen LogP contribution in [0, 0.1) is 11.3 Å². The van der Waals surface area contributed by atoms with Gasteiger partial charge in [-0.1, -0.05) is 30.7 Å². The number of oxazole rings is 1. The number of benzene rings is 2. The van der Waals surface area contributed by atoms with Gasteiger partial charge >= 0.3 is 6.01 Å². The van der Waals surface area contributed by atoms with E-state index < -0.39 is 15.9 Å². The zero-order valence-corrected chi connectivity index (χ0v) is 18.4. The number of aryl methyl sites for hydroxylation is 1. The molecule has 0 unspecified atom stereocenters. The summed E-state index contributed by atoms with van der Waals surface area (Å²) in [5.41, 5.74) is 1.96. The Hall–Kier alpha value is -3.35. The number of nitrogens with zero attached hydrogens (tertiary/aromatic N) is 3. The molecule has 1 heterocycles. The van der Waals surface area contributed by atoms with Gasteiger partial charge in [-0.25, -0.2) is 13.1 Å². The summed E-state index contributed by atoms with van der Waals surface area (Å²) in [5, 5.41) is 9.67. The number of halogens is 1. The third kappa shape index (κ3) is 5.63. The molecular weight excluding hydrogens is 440 g/mol. The molecule has 3 aromatic rings. The van der Waals surface area contributed by atoms with Crippen molar-refractivity contribution < 1.29 is 17.6 Å². The Morgan fingerprint density at radius 1 is 1.19 bits per heavy atom. The zero-order valence-electron chi connectivity index (χ0n) is 16.8. The fourth-order valence-corrected chi connectivity index (χ4v) is 3.41. The lowest BCUT2D eigenvalue weighted by Crippen LogP contribution is -2.30. The molecule has 0 aliphatic carbocycles. The van der Waals surface area contributed by atoms with Crippen LogP contribution in [0.5, 0.6) is 0 Å². The predicted octanol–water partition coefficient (Wildman–Crippen LogP) is 3.79. The van der Waals surface area contributed by atoms with Crippen molar-refractivity contribution in [3.63, 3.8) is 0 Å². The number of carbonyl (C=O) groups is 1. The molecule has 0 fully saturated rings. The first-order chi connectivity index (χ1) is 14.7. The number of anilines is 2. The SMILES string of the molecule is CCc1oc(N(Cc2ccc(Cl)cc2)c2ccc(C#N)cc2)nc1C(=O)NS(C)(=O)=O. The Morgan fingerprint density at radius 2 is 1.84 bits per heavy atom. The third-order valence-electron chi connectivity index (χ3n) is 4.29. The first kappa shape index (κ1) is 22.3. The van der Waals surface area contributed by atoms with Gasteiger partial charge in [0.05, 0.1) is 24.4 Å². The first-order valence-corrected chi connectivity index (χ1v) is 11.5. The highest BCUT2D eigenvalue weighted by Gasteiger charge is 2.25. The van der Waals surface area contributed by atoms with E-state index in [1.807, 2.05) is 16.9 Å². The van der Waals surface area contributed by atoms with Crippen LogP contribution in [0.3, 0.4) is 0 Å². The molecule has 1 N–H and O–H groups in total. The summed E-state index contributed by atoms with van der Waals surface area (Å²) in [6.07, 6.45) is 1.22. The molecule has 8 nitrogen and oxygen atoms in total. The van der Waals surface area contributed by atoms with E-state index in [2.05, 4.69) is 11.1 Å². The number of hydrogen-bond acceptors (Lipinski definition) is 7. The Bertz CT molecular complexity index is 1230. The molecule has 0 bridgehead atoms. The lowest BCUT2D eigenvalue weighted by atomic mass is 10.1. The molecule has 10 heteroatoms. The minimum Gasteiger partial charge on any atom is -0.428 e. The van der Waals surface area contributed by atoms with Gasteiger partial charge in [-0.05, 0) is 42.0 Å². The summed E-state index contributed by atoms with van der Waals surface area (Å²) in [7, 11) is -3.76. The summed E-state index contributed by atoms with van der Waals surface area (Å²) in [6, 6.07) is 16.2. The normalized spacial score (nSPS) is 11.0. The van der Waals surface area contributed by atoms with Crippen molar-refractivity contribution in [1.29, 1.82) is 5.26 Å². The highest BCUT2D eigenvalue weighted by molar-refractivity contribution is 7.89. The minimum absolute atomic E-state index is 0.0994. The number of nitrogens with one attached hydrogen (secondary N) is 1. The first-order valence-electron chi connectivity index (χ1n) is 9.24. The Kier molecular flexibility index (Phi) is 6.63. The maximum Gasteiger partial charge on any atom is 0.303 e. The van der Waals surface area contributed by atoms with Crippen molar-refractivity contribution in [3.05, 3.63) is 76.1 Å². The van der Waals surface area contributed by atoms with E-state index in [1.165, 1.54) is 0 Å². The van der Waals surface area contributed by atoms with Gasteiger partial charge in [0.25, 0.3) is 5.91 Å². The quantitative estimate of drug-likeness (QED) is 0.572. The second kappa shape index (κ2) is 9.20. The van der Waals surface area contributed by atoms with Crippen molar-refractivity contribution in [2.45, 2.75) is 19.9 Å². The molecule has 0 aliphatic heterocycles. The topological polar surface area (TPSA) is 116 Å². The molecular formula is C21H19ClN4O4S. The number of carbonyl (C=O) groups excluding carboxylic acids is 1. The molecule has 1 aromatic heterocycles. The third-order valence-corrected chi connectivity index (χ3v) is 5.10. The molecule has 0 saturated carbocycles. The molecule has 0 spiro atoms. The molecule has 31 heavy (non-hydrogen) atoms. The molecule has 2 aromatic carbocycles. The second-order valence-corrected chi connectivity index (χ2v) is 8.88. The summed E-state index contributed by atoms with van der Waals surface area (Å²) in [6.45, 7) is 2.10. The standard InChI is InChI=1S/C21H19ClN4O4S/c1-3-18-19(20(27)25-31(2,28)29)24-21(30-18)26(13-15-4-8-16(22)9-5-15)17-10-6-14(12-23)7-11-17/h4-11H,3,13H2,1-2H3,(H,25,27). The highest BCUT2D eigenvalue weighted by Crippen LogP contribution is 2.30. The number of hydrogen-bond donors (Lipinski definition) is 1. The van der Waals surface area contributed by atoms with Crippen LogP contribution < -0.4 is 9.62 Å². The largest absolute Gasteiger partial charge is 0.428 e. The molecule has 0 aliphatic rings. The van der Waals surface area contributed by atoms with Crippen LogP contribution in [0.2, 0.25) is 5.02 Å². The number of amides is 1. The van der Waals surface area contributed by atoms with Gasteiger partial charge in [0.15, 0.2) is 5.69 Å². The van der Waals surface area contributed by atoms with E-state index in [-0.39, 0.29) is 17.5 Å². The van der Waals surface area contributed by atoms with E-state index >= 15 is 0 Å². The Labute approximate surface area is 185 Å². The van der Waals surface area contributed by atoms with Crippen molar-refractivity contribution in [1.82, 2.24) is 9.71 Å². The van der Waals surface area contributed by atoms with Crippen LogP contribution in [0.25, 0.3) is 0 Å². The van der Waals surface area contributed by atoms with E-state index in [0.717, 1.165) is 11.8 Å². The van der Waals surface area contributed by atoms with Crippen LogP contribution >= 0.6 is 11.6 Å². The van der Waals surface area contributed by atoms with Crippen molar-refractivity contribution in [3.8, 4) is 6.07 Å². The van der Waals surface area contributed by atoms with Crippen molar-refractivity contribution >= 4 is 39.2 Å². The van der Waals surface area contributed by atoms with Crippen LogP contribution in [-0.2, 0) is 23.0 Å². The number of rotatable bonds is 7. The number of aromatic nitrogens is 1. The summed E-state index contributed by atoms with van der Waals surface area (Å²) in [5.74, 6) is -0.605. The molecule has 0 saturated heterocycles. The average Bonchev–Trinajstić information content (AvgIpc) is 3.17. The lowest BCUT2D eigenvalue weighted by molar-refractivity contribution is 0.0975. The molecule has 1 amide bonds. The smallest absolute Gasteiger partial charge is 0.303 e. The zero-order chi connectivity index (χ0) is 22.6. The van der Waals surface area contributed by atoms with E-state index in [1.54, 1.807) is 48.2 Å². The van der Waals surface area contributed by atoms with Crippen LogP contribution in [0.15, 0.2) is 52.9 Å².